The van der Waals surface area contributed by atoms with Gasteiger partial charge in [0.25, 0.3) is 0 Å². The maximum atomic E-state index is 14.3. The van der Waals surface area contributed by atoms with Crippen molar-refractivity contribution in [3.63, 3.8) is 0 Å². The molecular weight excluding hydrogens is 729 g/mol. The molecule has 0 saturated heterocycles. The fraction of sp³-hybridized carbons (Fsp3) is 0.476. The summed E-state index contributed by atoms with van der Waals surface area (Å²) < 4.78 is 6.12. The number of amides is 3. The minimum atomic E-state index is -1.81. The predicted molar refractivity (Wildman–Crippen MR) is 213 cm³/mol. The summed E-state index contributed by atoms with van der Waals surface area (Å²) in [4.78, 5) is 57.8. The van der Waals surface area contributed by atoms with Gasteiger partial charge >= 0.3 is 5.97 Å². The monoisotopic (exact) mass is 783 g/mol. The molecule has 0 fully saturated rings. The van der Waals surface area contributed by atoms with Crippen LogP contribution in [0.3, 0.4) is 0 Å². The lowest BCUT2D eigenvalue weighted by Gasteiger charge is -2.34. The molecule has 0 unspecified atom stereocenters. The molecule has 12 heteroatoms. The van der Waals surface area contributed by atoms with Gasteiger partial charge in [0, 0.05) is 25.0 Å². The number of hydrogen-bond donors (Lipinski definition) is 4. The van der Waals surface area contributed by atoms with Gasteiger partial charge in [-0.25, -0.2) is 4.79 Å². The molecule has 3 rings (SSSR count). The Morgan fingerprint density at radius 1 is 1.00 bits per heavy atom. The maximum Gasteiger partial charge on any atom is 0.332 e. The molecule has 1 aliphatic rings. The quantitative estimate of drug-likeness (QED) is 0.226. The summed E-state index contributed by atoms with van der Waals surface area (Å²) in [5.74, 6) is -3.53. The number of carbonyl (C=O) groups is 4. The van der Waals surface area contributed by atoms with Crippen LogP contribution in [0.25, 0.3) is 0 Å². The highest BCUT2D eigenvalue weighted by molar-refractivity contribution is 6.37. The fourth-order valence-electron chi connectivity index (χ4n) is 6.24. The third kappa shape index (κ3) is 11.7. The number of esters is 1. The largest absolute Gasteiger partial charge is 0.505 e. The molecule has 10 nitrogen and oxygen atoms in total. The molecule has 0 radical (unpaired) electrons. The number of rotatable bonds is 6. The van der Waals surface area contributed by atoms with Crippen LogP contribution in [0.1, 0.15) is 85.5 Å². The topological polar surface area (TPSA) is 145 Å². The SMILES string of the molecule is CC[C@H](C)[C@H]1C(=O)N[C@H](Cc2cc(Cl)c(O)c(Cl)c2)C(=O)N[C@@H](C(C)(C)O)C(=O)O[C@H](c2ccccc2)[C@H](C)/C=C/C=C(\C)[C@H](C)C/C=C(\C)C(=O)N1C. The highest BCUT2D eigenvalue weighted by atomic mass is 35.5. The number of aliphatic hydroxyl groups is 1. The summed E-state index contributed by atoms with van der Waals surface area (Å²) in [6.07, 6.45) is 7.87. The molecule has 0 bridgehead atoms. The number of aromatic hydroxyl groups is 1. The average molecular weight is 785 g/mol. The number of phenolic OH excluding ortho intramolecular Hbond substituents is 1. The number of carbonyl (C=O) groups excluding carboxylic acids is 4. The third-order valence-corrected chi connectivity index (χ3v) is 10.7. The molecule has 1 aliphatic heterocycles. The minimum Gasteiger partial charge on any atom is -0.505 e. The van der Waals surface area contributed by atoms with Gasteiger partial charge in [0.05, 0.1) is 15.6 Å². The van der Waals surface area contributed by atoms with Crippen LogP contribution in [0.4, 0.5) is 0 Å². The van der Waals surface area contributed by atoms with Crippen LogP contribution in [0, 0.1) is 17.8 Å². The van der Waals surface area contributed by atoms with Gasteiger partial charge in [-0.2, -0.15) is 0 Å². The normalized spacial score (nSPS) is 27.6. The van der Waals surface area contributed by atoms with Crippen molar-refractivity contribution in [1.82, 2.24) is 15.5 Å². The molecule has 2 aromatic carbocycles. The smallest absolute Gasteiger partial charge is 0.332 e. The fourth-order valence-corrected chi connectivity index (χ4v) is 6.77. The van der Waals surface area contributed by atoms with Crippen LogP contribution in [0.5, 0.6) is 5.75 Å². The van der Waals surface area contributed by atoms with Crippen molar-refractivity contribution in [3.8, 4) is 5.75 Å². The van der Waals surface area contributed by atoms with Gasteiger partial charge in [-0.15, -0.1) is 0 Å². The van der Waals surface area contributed by atoms with Crippen molar-refractivity contribution in [1.29, 1.82) is 0 Å². The predicted octanol–water partition coefficient (Wildman–Crippen LogP) is 7.26. The first-order valence-corrected chi connectivity index (χ1v) is 19.1. The summed E-state index contributed by atoms with van der Waals surface area (Å²) in [7, 11) is 1.56. The number of hydrogen-bond acceptors (Lipinski definition) is 7. The molecular formula is C42H55Cl2N3O7. The molecule has 0 spiro atoms. The van der Waals surface area contributed by atoms with Gasteiger partial charge < -0.3 is 30.5 Å². The summed E-state index contributed by atoms with van der Waals surface area (Å²) in [6, 6.07) is 8.12. The number of allylic oxidation sites excluding steroid dienone is 4. The van der Waals surface area contributed by atoms with Gasteiger partial charge in [-0.05, 0) is 69.2 Å². The first kappa shape index (κ1) is 44.3. The van der Waals surface area contributed by atoms with E-state index in [1.54, 1.807) is 14.0 Å². The number of nitrogens with zero attached hydrogens (tertiary/aromatic N) is 1. The van der Waals surface area contributed by atoms with E-state index in [1.165, 1.54) is 30.9 Å². The van der Waals surface area contributed by atoms with E-state index in [1.807, 2.05) is 82.3 Å². The second-order valence-electron chi connectivity index (χ2n) is 15.0. The zero-order valence-corrected chi connectivity index (χ0v) is 34.2. The Kier molecular flexibility index (Phi) is 16.0. The van der Waals surface area contributed by atoms with E-state index in [2.05, 4.69) is 17.6 Å². The van der Waals surface area contributed by atoms with Crippen LogP contribution in [0.15, 0.2) is 77.9 Å². The van der Waals surface area contributed by atoms with Crippen LogP contribution in [0.2, 0.25) is 10.0 Å². The second-order valence-corrected chi connectivity index (χ2v) is 15.8. The van der Waals surface area contributed by atoms with Gasteiger partial charge in [-0.1, -0.05) is 118 Å². The van der Waals surface area contributed by atoms with E-state index in [-0.39, 0.29) is 45.9 Å². The molecule has 3 amide bonds. The number of halogens is 2. The molecule has 0 aliphatic carbocycles. The Bertz CT molecular complexity index is 1730. The lowest BCUT2D eigenvalue weighted by molar-refractivity contribution is -0.162. The molecule has 2 aromatic rings. The average Bonchev–Trinajstić information content (AvgIpc) is 3.12. The summed E-state index contributed by atoms with van der Waals surface area (Å²) in [5, 5.41) is 26.8. The van der Waals surface area contributed by atoms with Crippen LogP contribution < -0.4 is 10.6 Å². The van der Waals surface area contributed by atoms with Crippen LogP contribution in [-0.2, 0) is 30.3 Å². The van der Waals surface area contributed by atoms with Gasteiger partial charge in [0.15, 0.2) is 11.8 Å². The Labute approximate surface area is 329 Å². The summed E-state index contributed by atoms with van der Waals surface area (Å²) in [6.45, 7) is 14.2. The van der Waals surface area contributed by atoms with E-state index in [0.717, 1.165) is 5.57 Å². The van der Waals surface area contributed by atoms with E-state index in [0.29, 0.717) is 29.5 Å². The molecule has 54 heavy (non-hydrogen) atoms. The van der Waals surface area contributed by atoms with E-state index >= 15 is 0 Å². The second kappa shape index (κ2) is 19.5. The Balaban J connectivity index is 2.20. The highest BCUT2D eigenvalue weighted by Gasteiger charge is 2.41. The molecule has 7 atom stereocenters. The third-order valence-electron chi connectivity index (χ3n) is 10.1. The summed E-state index contributed by atoms with van der Waals surface area (Å²) in [5.41, 5.74) is 0.847. The first-order chi connectivity index (χ1) is 25.3. The number of phenols is 1. The van der Waals surface area contributed by atoms with E-state index in [9.17, 15) is 29.4 Å². The van der Waals surface area contributed by atoms with Crippen molar-refractivity contribution >= 4 is 46.9 Å². The standard InChI is InChI=1S/C42H55Cl2N3O7/c1-10-24(2)34-39(50)45-33(23-29-21-31(43)35(48)32(44)22-29)38(49)46-37(42(7,8)53)41(52)54-36(30-17-12-11-13-18-30)27(5)16-14-15-25(3)26(4)19-20-28(6)40(51)47(34)9/h11-18,20-22,24,26-27,33-34,36-37,48,53H,10,19,23H2,1-9H3,(H,45,50)(H,46,49)/b16-14+,25-15+,28-20+/t24-,26+,27+,33+,34-,36-,37+/m0/s1. The summed E-state index contributed by atoms with van der Waals surface area (Å²) >= 11 is 12.4. The number of nitrogens with one attached hydrogen (secondary N) is 2. The van der Waals surface area contributed by atoms with E-state index < -0.39 is 47.6 Å². The van der Waals surface area contributed by atoms with Gasteiger partial charge in [0.2, 0.25) is 17.7 Å². The molecule has 1 heterocycles. The Morgan fingerprint density at radius 2 is 1.61 bits per heavy atom. The minimum absolute atomic E-state index is 0.0650. The maximum absolute atomic E-state index is 14.3. The Morgan fingerprint density at radius 3 is 2.19 bits per heavy atom. The van der Waals surface area contributed by atoms with Crippen molar-refractivity contribution in [3.05, 3.63) is 99.1 Å². The van der Waals surface area contributed by atoms with Crippen LogP contribution >= 0.6 is 23.2 Å². The van der Waals surface area contributed by atoms with Gasteiger partial charge in [0.1, 0.15) is 18.2 Å². The first-order valence-electron chi connectivity index (χ1n) is 18.3. The van der Waals surface area contributed by atoms with Gasteiger partial charge in [-0.3, -0.25) is 14.4 Å². The van der Waals surface area contributed by atoms with Crippen molar-refractivity contribution in [2.75, 3.05) is 7.05 Å². The number of likely N-dealkylation sites (N-methyl/N-ethyl adjacent to an activating group) is 1. The molecule has 0 aromatic heterocycles. The molecule has 4 N–H and O–H groups in total. The number of ether oxygens (including phenoxy) is 1. The lowest BCUT2D eigenvalue weighted by Crippen LogP contribution is -2.61. The van der Waals surface area contributed by atoms with E-state index in [4.69, 9.17) is 27.9 Å². The van der Waals surface area contributed by atoms with Crippen molar-refractivity contribution in [2.24, 2.45) is 17.8 Å². The van der Waals surface area contributed by atoms with Crippen LogP contribution in [-0.4, -0.2) is 69.6 Å². The number of benzene rings is 2. The number of cyclic esters (lactones) is 1. The zero-order chi connectivity index (χ0) is 40.5. The van der Waals surface area contributed by atoms with Crippen molar-refractivity contribution in [2.45, 2.75) is 104 Å². The Hall–Kier alpha value is -4.12. The zero-order valence-electron chi connectivity index (χ0n) is 32.7. The van der Waals surface area contributed by atoms with Crippen molar-refractivity contribution < 1.29 is 34.1 Å². The highest BCUT2D eigenvalue weighted by Crippen LogP contribution is 2.33. The molecule has 294 valence electrons. The lowest BCUT2D eigenvalue weighted by atomic mass is 9.94. The molecule has 0 saturated carbocycles.